The Labute approximate surface area is 140 Å². The van der Waals surface area contributed by atoms with Crippen molar-refractivity contribution in [1.29, 1.82) is 0 Å². The molecule has 122 valence electrons. The van der Waals surface area contributed by atoms with Crippen LogP contribution in [0.2, 0.25) is 0 Å². The lowest BCUT2D eigenvalue weighted by atomic mass is 10.1. The fourth-order valence-electron chi connectivity index (χ4n) is 2.47. The van der Waals surface area contributed by atoms with E-state index in [2.05, 4.69) is 10.1 Å². The third-order valence-corrected chi connectivity index (χ3v) is 3.92. The molecule has 0 spiro atoms. The van der Waals surface area contributed by atoms with Gasteiger partial charge in [-0.2, -0.15) is 4.98 Å². The molecule has 0 atom stereocenters. The zero-order valence-corrected chi connectivity index (χ0v) is 13.8. The Morgan fingerprint density at radius 2 is 1.79 bits per heavy atom. The number of carbonyl (C=O) groups excluding carboxylic acids is 1. The molecule has 0 bridgehead atoms. The van der Waals surface area contributed by atoms with E-state index in [4.69, 9.17) is 4.52 Å². The van der Waals surface area contributed by atoms with Gasteiger partial charge in [0, 0.05) is 31.1 Å². The van der Waals surface area contributed by atoms with Crippen LogP contribution >= 0.6 is 0 Å². The second-order valence-electron chi connectivity index (χ2n) is 5.61. The molecule has 2 aromatic carbocycles. The van der Waals surface area contributed by atoms with Gasteiger partial charge < -0.3 is 9.42 Å². The molecule has 0 aliphatic carbocycles. The number of carbonyl (C=O) groups is 1. The molecule has 0 aliphatic rings. The minimum atomic E-state index is 0.0110. The molecule has 3 rings (SSSR count). The Bertz CT molecular complexity index is 827. The van der Waals surface area contributed by atoms with E-state index >= 15 is 0 Å². The van der Waals surface area contributed by atoms with Crippen molar-refractivity contribution < 1.29 is 9.32 Å². The van der Waals surface area contributed by atoms with Crippen LogP contribution < -0.4 is 4.90 Å². The van der Waals surface area contributed by atoms with Crippen LogP contribution in [0.4, 0.5) is 5.69 Å². The number of rotatable bonds is 5. The van der Waals surface area contributed by atoms with Crippen molar-refractivity contribution in [1.82, 2.24) is 10.1 Å². The van der Waals surface area contributed by atoms with Gasteiger partial charge in [0.15, 0.2) is 0 Å². The fraction of sp³-hybridized carbons (Fsp3) is 0.211. The Balaban J connectivity index is 1.64. The first-order valence-electron chi connectivity index (χ1n) is 7.85. The number of aryl methyl sites for hydroxylation is 2. The average Bonchev–Trinajstić information content (AvgIpc) is 3.09. The third-order valence-electron chi connectivity index (χ3n) is 3.92. The van der Waals surface area contributed by atoms with Crippen LogP contribution in [0.15, 0.2) is 59.1 Å². The van der Waals surface area contributed by atoms with Crippen molar-refractivity contribution in [3.8, 4) is 11.4 Å². The molecule has 0 saturated carbocycles. The van der Waals surface area contributed by atoms with Gasteiger partial charge in [-0.3, -0.25) is 4.79 Å². The molecule has 0 fully saturated rings. The predicted molar refractivity (Wildman–Crippen MR) is 92.6 cm³/mol. The van der Waals surface area contributed by atoms with E-state index in [1.165, 1.54) is 0 Å². The largest absolute Gasteiger partial charge is 0.339 e. The highest BCUT2D eigenvalue weighted by Gasteiger charge is 2.14. The standard InChI is InChI=1S/C19H19N3O2/c1-14-8-6-7-11-16(14)19-20-17(24-21-19)12-13-18(23)22(2)15-9-4-3-5-10-15/h3-11H,12-13H2,1-2H3. The Morgan fingerprint density at radius 1 is 1.08 bits per heavy atom. The van der Waals surface area contributed by atoms with E-state index in [9.17, 15) is 4.79 Å². The van der Waals surface area contributed by atoms with Gasteiger partial charge in [0.05, 0.1) is 0 Å². The molecule has 0 saturated heterocycles. The zero-order chi connectivity index (χ0) is 16.9. The lowest BCUT2D eigenvalue weighted by Crippen LogP contribution is -2.26. The van der Waals surface area contributed by atoms with Crippen LogP contribution in [0.3, 0.4) is 0 Å². The van der Waals surface area contributed by atoms with Gasteiger partial charge in [-0.25, -0.2) is 0 Å². The molecule has 24 heavy (non-hydrogen) atoms. The molecule has 1 amide bonds. The van der Waals surface area contributed by atoms with Crippen LogP contribution in [-0.4, -0.2) is 23.1 Å². The minimum absolute atomic E-state index is 0.0110. The molecular formula is C19H19N3O2. The number of nitrogens with zero attached hydrogens (tertiary/aromatic N) is 3. The first kappa shape index (κ1) is 15.9. The van der Waals surface area contributed by atoms with Gasteiger partial charge in [-0.1, -0.05) is 47.6 Å². The van der Waals surface area contributed by atoms with Crippen LogP contribution in [0.5, 0.6) is 0 Å². The molecule has 3 aromatic rings. The second kappa shape index (κ2) is 7.08. The van der Waals surface area contributed by atoms with E-state index in [1.807, 2.05) is 61.5 Å². The Morgan fingerprint density at radius 3 is 2.54 bits per heavy atom. The number of hydrogen-bond acceptors (Lipinski definition) is 4. The summed E-state index contributed by atoms with van der Waals surface area (Å²) in [6, 6.07) is 17.4. The topological polar surface area (TPSA) is 59.2 Å². The SMILES string of the molecule is Cc1ccccc1-c1noc(CCC(=O)N(C)c2ccccc2)n1. The molecule has 1 heterocycles. The van der Waals surface area contributed by atoms with Crippen LogP contribution in [0.25, 0.3) is 11.4 Å². The van der Waals surface area contributed by atoms with Crippen molar-refractivity contribution >= 4 is 11.6 Å². The van der Waals surface area contributed by atoms with Crippen LogP contribution in [-0.2, 0) is 11.2 Å². The summed E-state index contributed by atoms with van der Waals surface area (Å²) in [5.74, 6) is 1.05. The van der Waals surface area contributed by atoms with Gasteiger partial charge in [0.1, 0.15) is 0 Å². The lowest BCUT2D eigenvalue weighted by molar-refractivity contribution is -0.118. The summed E-state index contributed by atoms with van der Waals surface area (Å²) in [6.07, 6.45) is 0.746. The summed E-state index contributed by atoms with van der Waals surface area (Å²) in [5, 5.41) is 4.02. The molecule has 0 unspecified atom stereocenters. The van der Waals surface area contributed by atoms with E-state index in [0.29, 0.717) is 24.6 Å². The highest BCUT2D eigenvalue weighted by Crippen LogP contribution is 2.20. The molecule has 5 nitrogen and oxygen atoms in total. The lowest BCUT2D eigenvalue weighted by Gasteiger charge is -2.16. The smallest absolute Gasteiger partial charge is 0.227 e. The van der Waals surface area contributed by atoms with Crippen LogP contribution in [0, 0.1) is 6.92 Å². The molecule has 0 aliphatic heterocycles. The van der Waals surface area contributed by atoms with E-state index < -0.39 is 0 Å². The molecule has 0 N–H and O–H groups in total. The van der Waals surface area contributed by atoms with Crippen LogP contribution in [0.1, 0.15) is 17.9 Å². The molecule has 1 aromatic heterocycles. The number of benzene rings is 2. The number of hydrogen-bond donors (Lipinski definition) is 0. The van der Waals surface area contributed by atoms with Crippen molar-refractivity contribution in [2.75, 3.05) is 11.9 Å². The zero-order valence-electron chi connectivity index (χ0n) is 13.8. The first-order chi connectivity index (χ1) is 11.6. The van der Waals surface area contributed by atoms with Gasteiger partial charge in [0.25, 0.3) is 0 Å². The second-order valence-corrected chi connectivity index (χ2v) is 5.61. The average molecular weight is 321 g/mol. The number of aromatic nitrogens is 2. The third kappa shape index (κ3) is 3.51. The van der Waals surface area contributed by atoms with E-state index in [-0.39, 0.29) is 5.91 Å². The quantitative estimate of drug-likeness (QED) is 0.720. The molecule has 0 radical (unpaired) electrons. The summed E-state index contributed by atoms with van der Waals surface area (Å²) in [5.41, 5.74) is 2.90. The maximum atomic E-state index is 12.3. The summed E-state index contributed by atoms with van der Waals surface area (Å²) in [6.45, 7) is 2.00. The summed E-state index contributed by atoms with van der Waals surface area (Å²) >= 11 is 0. The monoisotopic (exact) mass is 321 g/mol. The number of amides is 1. The van der Waals surface area contributed by atoms with Crippen molar-refractivity contribution in [2.45, 2.75) is 19.8 Å². The Kier molecular flexibility index (Phi) is 4.70. The van der Waals surface area contributed by atoms with E-state index in [1.54, 1.807) is 11.9 Å². The van der Waals surface area contributed by atoms with Gasteiger partial charge in [0.2, 0.25) is 17.6 Å². The molecule has 5 heteroatoms. The maximum absolute atomic E-state index is 12.3. The first-order valence-corrected chi connectivity index (χ1v) is 7.85. The van der Waals surface area contributed by atoms with Crippen molar-refractivity contribution in [3.05, 3.63) is 66.1 Å². The van der Waals surface area contributed by atoms with Gasteiger partial charge in [-0.05, 0) is 24.6 Å². The number of para-hydroxylation sites is 1. The van der Waals surface area contributed by atoms with E-state index in [0.717, 1.165) is 16.8 Å². The van der Waals surface area contributed by atoms with Crippen molar-refractivity contribution in [2.24, 2.45) is 0 Å². The summed E-state index contributed by atoms with van der Waals surface area (Å²) in [7, 11) is 1.77. The van der Waals surface area contributed by atoms with Gasteiger partial charge >= 0.3 is 0 Å². The van der Waals surface area contributed by atoms with Gasteiger partial charge in [-0.15, -0.1) is 0 Å². The summed E-state index contributed by atoms with van der Waals surface area (Å²) in [4.78, 5) is 18.3. The number of anilines is 1. The van der Waals surface area contributed by atoms with Crippen molar-refractivity contribution in [3.63, 3.8) is 0 Å². The minimum Gasteiger partial charge on any atom is -0.339 e. The Hall–Kier alpha value is -2.95. The normalized spacial score (nSPS) is 10.6. The molecular weight excluding hydrogens is 302 g/mol. The highest BCUT2D eigenvalue weighted by molar-refractivity contribution is 5.92. The predicted octanol–water partition coefficient (Wildman–Crippen LogP) is 3.64. The summed E-state index contributed by atoms with van der Waals surface area (Å²) < 4.78 is 5.28. The fourth-order valence-corrected chi connectivity index (χ4v) is 2.47. The highest BCUT2D eigenvalue weighted by atomic mass is 16.5. The maximum Gasteiger partial charge on any atom is 0.227 e.